The molecule has 5 heteroatoms. The minimum Gasteiger partial charge on any atom is -0.348 e. The molecule has 1 amide bonds. The number of hydrogen-bond acceptors (Lipinski definition) is 3. The number of nitrogens with one attached hydrogen (secondary N) is 1. The van der Waals surface area contributed by atoms with Gasteiger partial charge in [0.15, 0.2) is 0 Å². The highest BCUT2D eigenvalue weighted by Crippen LogP contribution is 2.37. The Morgan fingerprint density at radius 1 is 1.00 bits per heavy atom. The van der Waals surface area contributed by atoms with Gasteiger partial charge in [-0.25, -0.2) is 4.98 Å². The van der Waals surface area contributed by atoms with E-state index in [1.54, 1.807) is 0 Å². The van der Waals surface area contributed by atoms with E-state index in [2.05, 4.69) is 45.2 Å². The molecule has 0 saturated heterocycles. The predicted molar refractivity (Wildman–Crippen MR) is 136 cm³/mol. The van der Waals surface area contributed by atoms with Gasteiger partial charge in [0.2, 0.25) is 5.91 Å². The number of fused-ring (bicyclic) bond motifs is 1. The molecule has 1 aliphatic heterocycles. The number of hydrogen-bond donors (Lipinski definition) is 1. The highest BCUT2D eigenvalue weighted by Gasteiger charge is 2.31. The van der Waals surface area contributed by atoms with Crippen LogP contribution in [0.2, 0.25) is 0 Å². The summed E-state index contributed by atoms with van der Waals surface area (Å²) in [5.41, 5.74) is 5.12. The number of amides is 1. The number of rotatable bonds is 6. The molecule has 0 bridgehead atoms. The molecular weight excluding hydrogens is 432 g/mol. The van der Waals surface area contributed by atoms with E-state index in [9.17, 15) is 4.79 Å². The highest BCUT2D eigenvalue weighted by molar-refractivity contribution is 5.78. The van der Waals surface area contributed by atoms with Crippen molar-refractivity contribution in [3.63, 3.8) is 0 Å². The minimum atomic E-state index is -0.0782. The summed E-state index contributed by atoms with van der Waals surface area (Å²) in [6.07, 6.45) is 4.00. The molecule has 1 aliphatic rings. The first kappa shape index (κ1) is 22.6. The first-order chi connectivity index (χ1) is 17.1. The molecule has 1 N–H and O–H groups in total. The highest BCUT2D eigenvalue weighted by atomic mass is 16.1. The van der Waals surface area contributed by atoms with Gasteiger partial charge in [-0.15, -0.1) is 0 Å². The van der Waals surface area contributed by atoms with Crippen LogP contribution in [-0.2, 0) is 4.79 Å². The summed E-state index contributed by atoms with van der Waals surface area (Å²) in [6.45, 7) is 2.01. The number of benzene rings is 3. The second-order valence-electron chi connectivity index (χ2n) is 9.13. The van der Waals surface area contributed by atoms with Crippen molar-refractivity contribution in [2.75, 3.05) is 0 Å². The van der Waals surface area contributed by atoms with Crippen LogP contribution in [0.5, 0.6) is 0 Å². The van der Waals surface area contributed by atoms with Crippen LogP contribution in [0.3, 0.4) is 0 Å². The summed E-state index contributed by atoms with van der Waals surface area (Å²) in [7, 11) is 0. The Kier molecular flexibility index (Phi) is 6.45. The summed E-state index contributed by atoms with van der Waals surface area (Å²) < 4.78 is 2.24. The maximum atomic E-state index is 13.3. The van der Waals surface area contributed by atoms with Crippen LogP contribution in [0.15, 0.2) is 91.1 Å². The van der Waals surface area contributed by atoms with E-state index in [1.165, 1.54) is 0 Å². The summed E-state index contributed by atoms with van der Waals surface area (Å²) in [5, 5.41) is 12.4. The fourth-order valence-electron chi connectivity index (χ4n) is 5.21. The average Bonchev–Trinajstić information content (AvgIpc) is 3.30. The molecule has 0 fully saturated rings. The number of nitriles is 1. The van der Waals surface area contributed by atoms with E-state index in [4.69, 9.17) is 5.26 Å². The van der Waals surface area contributed by atoms with Crippen molar-refractivity contribution in [1.29, 1.82) is 5.26 Å². The number of imidazole rings is 1. The number of aryl methyl sites for hydroxylation is 1. The summed E-state index contributed by atoms with van der Waals surface area (Å²) in [6, 6.07) is 30.5. The van der Waals surface area contributed by atoms with Crippen molar-refractivity contribution in [1.82, 2.24) is 14.9 Å². The third kappa shape index (κ3) is 4.74. The molecule has 174 valence electrons. The summed E-state index contributed by atoms with van der Waals surface area (Å²) in [4.78, 5) is 17.9. The zero-order valence-corrected chi connectivity index (χ0v) is 19.8. The van der Waals surface area contributed by atoms with Crippen LogP contribution in [0.4, 0.5) is 0 Å². The van der Waals surface area contributed by atoms with Crippen molar-refractivity contribution < 1.29 is 4.79 Å². The molecule has 5 rings (SSSR count). The molecule has 35 heavy (non-hydrogen) atoms. The van der Waals surface area contributed by atoms with E-state index in [1.807, 2.05) is 73.8 Å². The average molecular weight is 461 g/mol. The molecule has 0 radical (unpaired) electrons. The largest absolute Gasteiger partial charge is 0.348 e. The zero-order chi connectivity index (χ0) is 24.2. The van der Waals surface area contributed by atoms with Gasteiger partial charge < -0.3 is 9.88 Å². The lowest BCUT2D eigenvalue weighted by Crippen LogP contribution is -2.35. The van der Waals surface area contributed by atoms with Crippen LogP contribution in [0.25, 0.3) is 0 Å². The molecule has 2 atom stereocenters. The fraction of sp³-hybridized carbons (Fsp3) is 0.233. The van der Waals surface area contributed by atoms with Crippen LogP contribution >= 0.6 is 0 Å². The Morgan fingerprint density at radius 2 is 1.63 bits per heavy atom. The zero-order valence-electron chi connectivity index (χ0n) is 19.8. The maximum Gasteiger partial charge on any atom is 0.221 e. The molecule has 4 aromatic rings. The van der Waals surface area contributed by atoms with Gasteiger partial charge in [-0.05, 0) is 48.6 Å². The van der Waals surface area contributed by atoms with E-state index >= 15 is 0 Å². The normalized spacial score (nSPS) is 16.9. The fourth-order valence-corrected chi connectivity index (χ4v) is 5.21. The number of aromatic nitrogens is 2. The van der Waals surface area contributed by atoms with E-state index < -0.39 is 0 Å². The third-order valence-electron chi connectivity index (χ3n) is 6.96. The Hall–Kier alpha value is -4.17. The molecule has 3 aromatic carbocycles. The van der Waals surface area contributed by atoms with Crippen LogP contribution in [-0.4, -0.2) is 15.5 Å². The summed E-state index contributed by atoms with van der Waals surface area (Å²) in [5.74, 6) is 0.966. The second kappa shape index (κ2) is 9.99. The van der Waals surface area contributed by atoms with Gasteiger partial charge >= 0.3 is 0 Å². The van der Waals surface area contributed by atoms with Crippen molar-refractivity contribution in [3.05, 3.63) is 125 Å². The summed E-state index contributed by atoms with van der Waals surface area (Å²) >= 11 is 0. The topological polar surface area (TPSA) is 70.7 Å². The van der Waals surface area contributed by atoms with Crippen molar-refractivity contribution in [2.24, 2.45) is 0 Å². The van der Waals surface area contributed by atoms with Gasteiger partial charge in [-0.1, -0.05) is 72.8 Å². The number of carbonyl (C=O) groups excluding carboxylic acids is 1. The maximum absolute atomic E-state index is 13.3. The molecule has 0 aliphatic carbocycles. The molecule has 0 unspecified atom stereocenters. The van der Waals surface area contributed by atoms with Gasteiger partial charge in [0.25, 0.3) is 0 Å². The Morgan fingerprint density at radius 3 is 2.23 bits per heavy atom. The monoisotopic (exact) mass is 460 g/mol. The van der Waals surface area contributed by atoms with Crippen molar-refractivity contribution in [3.8, 4) is 6.07 Å². The SMILES string of the molecule is Cc1ncc2n1[C@@H](c1ccc(C#N)cc1)CC[C@@H]2NC(=O)CC(c1ccccc1)c1ccccc1. The van der Waals surface area contributed by atoms with Gasteiger partial charge in [-0.2, -0.15) is 5.26 Å². The van der Waals surface area contributed by atoms with E-state index in [0.717, 1.165) is 41.1 Å². The first-order valence-electron chi connectivity index (χ1n) is 12.1. The Bertz CT molecular complexity index is 1300. The first-order valence-corrected chi connectivity index (χ1v) is 12.1. The van der Waals surface area contributed by atoms with E-state index in [0.29, 0.717) is 12.0 Å². The second-order valence-corrected chi connectivity index (χ2v) is 9.13. The number of nitrogens with zero attached hydrogens (tertiary/aromatic N) is 3. The molecular formula is C30H28N4O. The van der Waals surface area contributed by atoms with Crippen molar-refractivity contribution in [2.45, 2.75) is 44.2 Å². The van der Waals surface area contributed by atoms with Crippen LogP contribution in [0, 0.1) is 18.3 Å². The lowest BCUT2D eigenvalue weighted by atomic mass is 9.88. The number of carbonyl (C=O) groups is 1. The van der Waals surface area contributed by atoms with Gasteiger partial charge in [0, 0.05) is 12.3 Å². The lowest BCUT2D eigenvalue weighted by molar-refractivity contribution is -0.122. The molecule has 5 nitrogen and oxygen atoms in total. The van der Waals surface area contributed by atoms with E-state index in [-0.39, 0.29) is 23.9 Å². The predicted octanol–water partition coefficient (Wildman–Crippen LogP) is 5.83. The molecule has 1 aromatic heterocycles. The standard InChI is InChI=1S/C30H28N4O/c1-21-32-20-29-27(16-17-28(34(21)29)25-14-12-22(19-31)13-15-25)33-30(35)18-26(23-8-4-2-5-9-23)24-10-6-3-7-11-24/h2-15,20,26-28H,16-18H2,1H3,(H,33,35)/t27-,28+/m0/s1. The third-order valence-corrected chi connectivity index (χ3v) is 6.96. The molecule has 2 heterocycles. The van der Waals surface area contributed by atoms with Gasteiger partial charge in [0.05, 0.1) is 35.6 Å². The smallest absolute Gasteiger partial charge is 0.221 e. The Balaban J connectivity index is 1.36. The lowest BCUT2D eigenvalue weighted by Gasteiger charge is -2.33. The quantitative estimate of drug-likeness (QED) is 0.394. The Labute approximate surface area is 206 Å². The van der Waals surface area contributed by atoms with Crippen LogP contribution in [0.1, 0.15) is 71.0 Å². The van der Waals surface area contributed by atoms with Crippen molar-refractivity contribution >= 4 is 5.91 Å². The minimum absolute atomic E-state index is 0.000894. The van der Waals surface area contributed by atoms with Gasteiger partial charge in [0.1, 0.15) is 5.82 Å². The van der Waals surface area contributed by atoms with Crippen LogP contribution < -0.4 is 5.32 Å². The molecule has 0 spiro atoms. The van der Waals surface area contributed by atoms with Gasteiger partial charge in [-0.3, -0.25) is 4.79 Å². The molecule has 0 saturated carbocycles.